The Hall–Kier alpha value is -3.97. The molecule has 0 aliphatic rings. The summed E-state index contributed by atoms with van der Waals surface area (Å²) in [4.78, 5) is 36.0. The third kappa shape index (κ3) is 10.7. The van der Waals surface area contributed by atoms with Gasteiger partial charge in [-0.05, 0) is 53.7 Å². The van der Waals surface area contributed by atoms with Crippen LogP contribution in [0, 0.1) is 21.4 Å². The molecule has 198 valence electrons. The first-order chi connectivity index (χ1) is 17.5. The van der Waals surface area contributed by atoms with E-state index >= 15 is 0 Å². The minimum Gasteiger partial charge on any atom is -0.426 e. The lowest BCUT2D eigenvalue weighted by molar-refractivity contribution is -0.525. The molecule has 13 heteroatoms. The first-order valence-electron chi connectivity index (χ1n) is 11.9. The van der Waals surface area contributed by atoms with Crippen LogP contribution in [0.25, 0.3) is 16.8 Å². The summed E-state index contributed by atoms with van der Waals surface area (Å²) < 4.78 is 0. The van der Waals surface area contributed by atoms with E-state index in [1.807, 2.05) is 56.3 Å². The van der Waals surface area contributed by atoms with Crippen LogP contribution in [0.1, 0.15) is 38.7 Å². The summed E-state index contributed by atoms with van der Waals surface area (Å²) in [6, 6.07) is 12.5. The first-order valence-corrected chi connectivity index (χ1v) is 11.9. The summed E-state index contributed by atoms with van der Waals surface area (Å²) >= 11 is 0. The number of hydrogen-bond acceptors (Lipinski definition) is 7. The molecule has 7 N–H and O–H groups in total. The third-order valence-corrected chi connectivity index (χ3v) is 5.42. The maximum Gasteiger partial charge on any atom is 0.475 e. The van der Waals surface area contributed by atoms with Crippen molar-refractivity contribution in [2.75, 3.05) is 6.54 Å². The molecule has 0 fully saturated rings. The number of nitro groups is 1. The van der Waals surface area contributed by atoms with E-state index in [0.717, 1.165) is 16.3 Å². The molecule has 2 aromatic carbocycles. The maximum absolute atomic E-state index is 12.9. The van der Waals surface area contributed by atoms with Crippen molar-refractivity contribution in [3.8, 4) is 0 Å². The SMILES string of the molecule is CC(C)C[C@H](NC(=O)[C@H](CCCNC(=N)N[N+](=O)[O-])NC(=O)/C=C/c1ccc2ccccc2c1)B(O)O. The normalized spacial score (nSPS) is 12.7. The Morgan fingerprint density at radius 2 is 1.84 bits per heavy atom. The summed E-state index contributed by atoms with van der Waals surface area (Å²) in [5.41, 5.74) is 2.47. The molecule has 0 aliphatic carbocycles. The third-order valence-electron chi connectivity index (χ3n) is 5.42. The summed E-state index contributed by atoms with van der Waals surface area (Å²) in [6.45, 7) is 3.88. The number of amides is 2. The Morgan fingerprint density at radius 3 is 2.49 bits per heavy atom. The number of fused-ring (bicyclic) bond motifs is 1. The Bertz CT molecular complexity index is 1130. The zero-order valence-electron chi connectivity index (χ0n) is 20.8. The van der Waals surface area contributed by atoms with Crippen LogP contribution in [-0.4, -0.2) is 58.5 Å². The van der Waals surface area contributed by atoms with Gasteiger partial charge in [0.25, 0.3) is 5.96 Å². The quantitative estimate of drug-likeness (QED) is 0.0393. The lowest BCUT2D eigenvalue weighted by atomic mass is 9.75. The highest BCUT2D eigenvalue weighted by molar-refractivity contribution is 6.43. The molecule has 2 amide bonds. The molecule has 0 unspecified atom stereocenters. The monoisotopic (exact) mass is 512 g/mol. The number of guanidine groups is 1. The van der Waals surface area contributed by atoms with Crippen LogP contribution < -0.4 is 21.4 Å². The Morgan fingerprint density at radius 1 is 1.14 bits per heavy atom. The highest BCUT2D eigenvalue weighted by Gasteiger charge is 2.29. The average Bonchev–Trinajstić information content (AvgIpc) is 2.83. The molecule has 0 aromatic heterocycles. The number of nitrogens with zero attached hydrogens (tertiary/aromatic N) is 1. The highest BCUT2D eigenvalue weighted by atomic mass is 16.7. The number of benzene rings is 2. The predicted molar refractivity (Wildman–Crippen MR) is 142 cm³/mol. The van der Waals surface area contributed by atoms with Crippen molar-refractivity contribution in [2.24, 2.45) is 5.92 Å². The number of nitrogens with one attached hydrogen (secondary N) is 5. The van der Waals surface area contributed by atoms with Gasteiger partial charge in [-0.3, -0.25) is 15.0 Å². The number of rotatable bonds is 13. The first kappa shape index (κ1) is 29.3. The van der Waals surface area contributed by atoms with Gasteiger partial charge in [-0.25, -0.2) is 10.1 Å². The molecule has 12 nitrogen and oxygen atoms in total. The fourth-order valence-electron chi connectivity index (χ4n) is 3.67. The molecule has 0 spiro atoms. The van der Waals surface area contributed by atoms with E-state index in [1.54, 1.807) is 11.5 Å². The highest BCUT2D eigenvalue weighted by Crippen LogP contribution is 2.16. The number of hydrogen-bond donors (Lipinski definition) is 7. The molecule has 2 aromatic rings. The topological polar surface area (TPSA) is 190 Å². The van der Waals surface area contributed by atoms with Gasteiger partial charge in [0.1, 0.15) is 6.04 Å². The van der Waals surface area contributed by atoms with Gasteiger partial charge in [0.05, 0.1) is 5.94 Å². The fraction of sp³-hybridized carbons (Fsp3) is 0.375. The summed E-state index contributed by atoms with van der Waals surface area (Å²) in [7, 11) is -1.77. The summed E-state index contributed by atoms with van der Waals surface area (Å²) in [5.74, 6) is -2.46. The standard InChI is InChI=1S/C24H33BN6O6/c1-16(2)14-21(25(34)35)29-23(33)20(8-5-13-27-24(26)30-31(36)37)28-22(32)12-10-17-9-11-18-6-3-4-7-19(18)15-17/h3-4,6-7,9-12,15-16,20-21,34-35H,5,8,13-14H2,1-2H3,(H,28,32)(H,29,33)(H3,26,27,30)/b12-10+/t20-,21-/m0/s1. The second-order valence-corrected chi connectivity index (χ2v) is 8.97. The molecule has 2 atom stereocenters. The molecule has 0 bridgehead atoms. The number of hydrazine groups is 1. The Labute approximate surface area is 215 Å². The van der Waals surface area contributed by atoms with Gasteiger partial charge in [0, 0.05) is 12.6 Å². The number of carbonyl (C=O) groups excluding carboxylic acids is 2. The summed E-state index contributed by atoms with van der Waals surface area (Å²) in [5, 5.41) is 46.0. The lowest BCUT2D eigenvalue weighted by Gasteiger charge is -2.24. The van der Waals surface area contributed by atoms with Crippen molar-refractivity contribution in [1.29, 1.82) is 5.41 Å². The van der Waals surface area contributed by atoms with Crippen molar-refractivity contribution in [3.63, 3.8) is 0 Å². The zero-order valence-corrected chi connectivity index (χ0v) is 20.8. The maximum atomic E-state index is 12.9. The van der Waals surface area contributed by atoms with Crippen molar-refractivity contribution in [3.05, 3.63) is 64.2 Å². The zero-order chi connectivity index (χ0) is 27.4. The Kier molecular flexibility index (Phi) is 11.5. The molecule has 0 saturated carbocycles. The van der Waals surface area contributed by atoms with Gasteiger partial charge < -0.3 is 26.0 Å². The van der Waals surface area contributed by atoms with Gasteiger partial charge in [0.15, 0.2) is 5.03 Å². The molecule has 37 heavy (non-hydrogen) atoms. The molecule has 2 rings (SSSR count). The van der Waals surface area contributed by atoms with Crippen LogP contribution in [0.2, 0.25) is 0 Å². The number of carbonyl (C=O) groups is 2. The van der Waals surface area contributed by atoms with E-state index in [0.29, 0.717) is 6.42 Å². The molecule has 0 radical (unpaired) electrons. The van der Waals surface area contributed by atoms with Crippen molar-refractivity contribution >= 4 is 41.7 Å². The van der Waals surface area contributed by atoms with Crippen LogP contribution in [-0.2, 0) is 9.59 Å². The molecule has 0 aliphatic heterocycles. The lowest BCUT2D eigenvalue weighted by Crippen LogP contribution is -2.54. The van der Waals surface area contributed by atoms with Crippen LogP contribution in [0.3, 0.4) is 0 Å². The second kappa shape index (κ2) is 14.6. The van der Waals surface area contributed by atoms with Crippen LogP contribution >= 0.6 is 0 Å². The smallest absolute Gasteiger partial charge is 0.426 e. The largest absolute Gasteiger partial charge is 0.475 e. The van der Waals surface area contributed by atoms with Gasteiger partial charge >= 0.3 is 7.12 Å². The second-order valence-electron chi connectivity index (χ2n) is 8.97. The summed E-state index contributed by atoms with van der Waals surface area (Å²) in [6.07, 6.45) is 3.67. The van der Waals surface area contributed by atoms with Crippen LogP contribution in [0.5, 0.6) is 0 Å². The van der Waals surface area contributed by atoms with Gasteiger partial charge in [-0.15, -0.1) is 0 Å². The van der Waals surface area contributed by atoms with Crippen LogP contribution in [0.4, 0.5) is 0 Å². The molecular weight excluding hydrogens is 479 g/mol. The van der Waals surface area contributed by atoms with Crippen LogP contribution in [0.15, 0.2) is 48.5 Å². The van der Waals surface area contributed by atoms with E-state index < -0.39 is 41.9 Å². The molecule has 0 heterocycles. The van der Waals surface area contributed by atoms with E-state index in [-0.39, 0.29) is 25.3 Å². The average molecular weight is 512 g/mol. The van der Waals surface area contributed by atoms with Crippen molar-refractivity contribution < 1.29 is 24.7 Å². The van der Waals surface area contributed by atoms with E-state index in [9.17, 15) is 29.8 Å². The predicted octanol–water partition coefficient (Wildman–Crippen LogP) is 0.967. The Balaban J connectivity index is 2.05. The van der Waals surface area contributed by atoms with Gasteiger partial charge in [0.2, 0.25) is 11.8 Å². The molecular formula is C24H33BN6O6. The fourth-order valence-corrected chi connectivity index (χ4v) is 3.67. The van der Waals surface area contributed by atoms with Crippen molar-refractivity contribution in [2.45, 2.75) is 45.1 Å². The van der Waals surface area contributed by atoms with E-state index in [2.05, 4.69) is 16.0 Å². The van der Waals surface area contributed by atoms with E-state index in [1.165, 1.54) is 6.08 Å². The van der Waals surface area contributed by atoms with E-state index in [4.69, 9.17) is 5.41 Å². The van der Waals surface area contributed by atoms with Crippen molar-refractivity contribution in [1.82, 2.24) is 21.4 Å². The van der Waals surface area contributed by atoms with Gasteiger partial charge in [-0.2, -0.15) is 0 Å². The minimum atomic E-state index is -1.77. The van der Waals surface area contributed by atoms with Gasteiger partial charge in [-0.1, -0.05) is 55.7 Å². The molecule has 0 saturated heterocycles. The minimum absolute atomic E-state index is 0.0781.